The van der Waals surface area contributed by atoms with Gasteiger partial charge in [0.25, 0.3) is 0 Å². The van der Waals surface area contributed by atoms with Crippen LogP contribution in [0.5, 0.6) is 0 Å². The summed E-state index contributed by atoms with van der Waals surface area (Å²) in [5.41, 5.74) is 0. The molecular formula is C13H25NO3. The summed E-state index contributed by atoms with van der Waals surface area (Å²) in [6.45, 7) is 4.79. The highest BCUT2D eigenvalue weighted by Gasteiger charge is 2.23. The Morgan fingerprint density at radius 1 is 1.41 bits per heavy atom. The zero-order chi connectivity index (χ0) is 12.5. The number of carbonyl (C=O) groups is 1. The summed E-state index contributed by atoms with van der Waals surface area (Å²) < 4.78 is 10.6. The summed E-state index contributed by atoms with van der Waals surface area (Å²) >= 11 is 0. The molecule has 0 aliphatic carbocycles. The van der Waals surface area contributed by atoms with E-state index in [4.69, 9.17) is 9.47 Å². The lowest BCUT2D eigenvalue weighted by Gasteiger charge is -2.32. The predicted molar refractivity (Wildman–Crippen MR) is 67.0 cm³/mol. The highest BCUT2D eigenvalue weighted by atomic mass is 16.5. The van der Waals surface area contributed by atoms with Gasteiger partial charge in [-0.05, 0) is 6.42 Å². The van der Waals surface area contributed by atoms with Gasteiger partial charge in [0.2, 0.25) is 5.91 Å². The van der Waals surface area contributed by atoms with Crippen LogP contribution in [0, 0.1) is 0 Å². The molecule has 4 heteroatoms. The topological polar surface area (TPSA) is 38.8 Å². The van der Waals surface area contributed by atoms with E-state index in [2.05, 4.69) is 6.92 Å². The summed E-state index contributed by atoms with van der Waals surface area (Å²) in [5.74, 6) is 0.269. The summed E-state index contributed by atoms with van der Waals surface area (Å²) in [6, 6.07) is 0. The quantitative estimate of drug-likeness (QED) is 0.640. The van der Waals surface area contributed by atoms with E-state index in [0.29, 0.717) is 26.2 Å². The van der Waals surface area contributed by atoms with Crippen molar-refractivity contribution in [3.8, 4) is 0 Å². The molecule has 1 rings (SSSR count). The predicted octanol–water partition coefficient (Wildman–Crippen LogP) is 1.83. The third kappa shape index (κ3) is 5.50. The second-order valence-electron chi connectivity index (χ2n) is 4.60. The normalized spacial score (nSPS) is 20.6. The minimum Gasteiger partial charge on any atom is -0.382 e. The van der Waals surface area contributed by atoms with E-state index in [1.165, 1.54) is 12.8 Å². The minimum absolute atomic E-state index is 0.0494. The maximum Gasteiger partial charge on any atom is 0.222 e. The SMILES string of the molecule is CCCCCCC(=O)N1CCOC(COC)C1. The number of morpholine rings is 1. The number of ether oxygens (including phenoxy) is 2. The van der Waals surface area contributed by atoms with Crippen LogP contribution in [0.3, 0.4) is 0 Å². The summed E-state index contributed by atoms with van der Waals surface area (Å²) in [6.07, 6.45) is 5.34. The number of carbonyl (C=O) groups excluding carboxylic acids is 1. The van der Waals surface area contributed by atoms with Crippen molar-refractivity contribution in [2.75, 3.05) is 33.4 Å². The van der Waals surface area contributed by atoms with Gasteiger partial charge in [0.1, 0.15) is 0 Å². The van der Waals surface area contributed by atoms with Crippen molar-refractivity contribution >= 4 is 5.91 Å². The van der Waals surface area contributed by atoms with Crippen molar-refractivity contribution in [3.05, 3.63) is 0 Å². The average Bonchev–Trinajstić information content (AvgIpc) is 2.35. The zero-order valence-corrected chi connectivity index (χ0v) is 11.1. The monoisotopic (exact) mass is 243 g/mol. The number of unbranched alkanes of at least 4 members (excludes halogenated alkanes) is 3. The molecule has 4 nitrogen and oxygen atoms in total. The maximum absolute atomic E-state index is 11.9. The third-order valence-corrected chi connectivity index (χ3v) is 3.09. The van der Waals surface area contributed by atoms with Crippen LogP contribution >= 0.6 is 0 Å². The number of methoxy groups -OCH3 is 1. The van der Waals surface area contributed by atoms with Crippen LogP contribution in [0.4, 0.5) is 0 Å². The molecule has 0 aromatic heterocycles. The second kappa shape index (κ2) is 8.48. The van der Waals surface area contributed by atoms with Crippen LogP contribution in [-0.4, -0.2) is 50.3 Å². The first-order valence-corrected chi connectivity index (χ1v) is 6.66. The highest BCUT2D eigenvalue weighted by Crippen LogP contribution is 2.10. The standard InChI is InChI=1S/C13H25NO3/c1-3-4-5-6-7-13(15)14-8-9-17-12(10-14)11-16-2/h12H,3-11H2,1-2H3. The van der Waals surface area contributed by atoms with Gasteiger partial charge in [-0.3, -0.25) is 4.79 Å². The van der Waals surface area contributed by atoms with Gasteiger partial charge >= 0.3 is 0 Å². The van der Waals surface area contributed by atoms with Crippen LogP contribution in [-0.2, 0) is 14.3 Å². The van der Waals surface area contributed by atoms with Gasteiger partial charge in [-0.25, -0.2) is 0 Å². The van der Waals surface area contributed by atoms with Gasteiger partial charge in [-0.1, -0.05) is 26.2 Å². The Balaban J connectivity index is 2.21. The molecule has 1 heterocycles. The van der Waals surface area contributed by atoms with Crippen molar-refractivity contribution in [2.24, 2.45) is 0 Å². The number of rotatable bonds is 7. The van der Waals surface area contributed by atoms with E-state index >= 15 is 0 Å². The Bertz CT molecular complexity index is 219. The van der Waals surface area contributed by atoms with E-state index < -0.39 is 0 Å². The summed E-state index contributed by atoms with van der Waals surface area (Å²) in [5, 5.41) is 0. The molecule has 0 aromatic carbocycles. The Labute approximate surface area is 104 Å². The molecule has 1 amide bonds. The van der Waals surface area contributed by atoms with Crippen LogP contribution in [0.2, 0.25) is 0 Å². The fraction of sp³-hybridized carbons (Fsp3) is 0.923. The Kier molecular flexibility index (Phi) is 7.21. The second-order valence-corrected chi connectivity index (χ2v) is 4.60. The van der Waals surface area contributed by atoms with Crippen molar-refractivity contribution in [1.29, 1.82) is 0 Å². The molecule has 1 saturated heterocycles. The van der Waals surface area contributed by atoms with Gasteiger partial charge < -0.3 is 14.4 Å². The van der Waals surface area contributed by atoms with Crippen LogP contribution < -0.4 is 0 Å². The number of nitrogens with zero attached hydrogens (tertiary/aromatic N) is 1. The maximum atomic E-state index is 11.9. The van der Waals surface area contributed by atoms with E-state index in [-0.39, 0.29) is 12.0 Å². The van der Waals surface area contributed by atoms with Crippen LogP contribution in [0.25, 0.3) is 0 Å². The van der Waals surface area contributed by atoms with E-state index in [9.17, 15) is 4.79 Å². The fourth-order valence-electron chi connectivity index (χ4n) is 2.09. The van der Waals surface area contributed by atoms with Gasteiger partial charge in [0, 0.05) is 26.6 Å². The molecule has 0 N–H and O–H groups in total. The first kappa shape index (κ1) is 14.5. The largest absolute Gasteiger partial charge is 0.382 e. The first-order chi connectivity index (χ1) is 8.27. The zero-order valence-electron chi connectivity index (χ0n) is 11.1. The molecule has 0 saturated carbocycles. The van der Waals surface area contributed by atoms with Crippen molar-refractivity contribution in [3.63, 3.8) is 0 Å². The molecule has 0 spiro atoms. The molecule has 0 bridgehead atoms. The van der Waals surface area contributed by atoms with Gasteiger partial charge in [-0.15, -0.1) is 0 Å². The Morgan fingerprint density at radius 3 is 2.94 bits per heavy atom. The number of amides is 1. The molecule has 0 radical (unpaired) electrons. The van der Waals surface area contributed by atoms with E-state index in [0.717, 1.165) is 19.4 Å². The molecule has 1 aliphatic rings. The number of hydrogen-bond donors (Lipinski definition) is 0. The lowest BCUT2D eigenvalue weighted by Crippen LogP contribution is -2.47. The smallest absolute Gasteiger partial charge is 0.222 e. The molecule has 100 valence electrons. The Hall–Kier alpha value is -0.610. The molecule has 1 aliphatic heterocycles. The van der Waals surface area contributed by atoms with Gasteiger partial charge in [-0.2, -0.15) is 0 Å². The summed E-state index contributed by atoms with van der Waals surface area (Å²) in [4.78, 5) is 13.9. The van der Waals surface area contributed by atoms with Gasteiger partial charge in [0.15, 0.2) is 0 Å². The molecule has 1 atom stereocenters. The average molecular weight is 243 g/mol. The van der Waals surface area contributed by atoms with Crippen molar-refractivity contribution in [1.82, 2.24) is 4.90 Å². The van der Waals surface area contributed by atoms with Crippen molar-refractivity contribution in [2.45, 2.75) is 45.1 Å². The van der Waals surface area contributed by atoms with E-state index in [1.807, 2.05) is 4.90 Å². The first-order valence-electron chi connectivity index (χ1n) is 6.66. The van der Waals surface area contributed by atoms with Crippen LogP contribution in [0.1, 0.15) is 39.0 Å². The lowest BCUT2D eigenvalue weighted by atomic mass is 10.1. The molecule has 1 fully saturated rings. The lowest BCUT2D eigenvalue weighted by molar-refractivity contribution is -0.140. The van der Waals surface area contributed by atoms with Gasteiger partial charge in [0.05, 0.1) is 19.3 Å². The minimum atomic E-state index is 0.0494. The van der Waals surface area contributed by atoms with Crippen molar-refractivity contribution < 1.29 is 14.3 Å². The summed E-state index contributed by atoms with van der Waals surface area (Å²) in [7, 11) is 1.66. The van der Waals surface area contributed by atoms with E-state index in [1.54, 1.807) is 7.11 Å². The molecular weight excluding hydrogens is 218 g/mol. The molecule has 17 heavy (non-hydrogen) atoms. The Morgan fingerprint density at radius 2 is 2.24 bits per heavy atom. The number of hydrogen-bond acceptors (Lipinski definition) is 3. The highest BCUT2D eigenvalue weighted by molar-refractivity contribution is 5.76. The molecule has 1 unspecified atom stereocenters. The molecule has 0 aromatic rings. The fourth-order valence-corrected chi connectivity index (χ4v) is 2.09. The van der Waals surface area contributed by atoms with Crippen LogP contribution in [0.15, 0.2) is 0 Å². The third-order valence-electron chi connectivity index (χ3n) is 3.09.